The molecule has 7 rings (SSSR count). The lowest BCUT2D eigenvalue weighted by atomic mass is 9.77. The molecule has 0 aliphatic heterocycles. The number of carbonyl (C=O) groups is 1. The average Bonchev–Trinajstić information content (AvgIpc) is 3.73. The van der Waals surface area contributed by atoms with Crippen molar-refractivity contribution in [3.8, 4) is 22.5 Å². The average molecular weight is 765 g/mol. The quantitative estimate of drug-likeness (QED) is 0.0833. The second-order valence-corrected chi connectivity index (χ2v) is 14.0. The Labute approximate surface area is 330 Å². The van der Waals surface area contributed by atoms with Crippen LogP contribution < -0.4 is 5.32 Å². The topological polar surface area (TPSA) is 75.9 Å². The molecule has 0 bridgehead atoms. The summed E-state index contributed by atoms with van der Waals surface area (Å²) in [4.78, 5) is 15.0. The second-order valence-electron chi connectivity index (χ2n) is 14.0. The van der Waals surface area contributed by atoms with E-state index < -0.39 is 34.7 Å². The standard InChI is InChI=1S/C47H43F3N6O/c1-2-3-4-5-17-30-55(46(57)51-44-42(49)31-39(48)32-43(44)50)33-34-26-28-35(29-27-34)40-24-15-16-25-41(40)45-52-53-54-56(45)47(36-18-9-6-10-19-36,37-20-11-7-12-21-37)38-22-13-8-14-23-38/h6-16,18-29,31-32H,2-5,17,30,33H2,1H3,(H,51,57). The van der Waals surface area contributed by atoms with E-state index >= 15 is 0 Å². The number of tetrazole rings is 1. The van der Waals surface area contributed by atoms with Gasteiger partial charge < -0.3 is 10.2 Å². The van der Waals surface area contributed by atoms with Crippen LogP contribution in [-0.4, -0.2) is 37.7 Å². The van der Waals surface area contributed by atoms with E-state index in [0.717, 1.165) is 71.0 Å². The maximum atomic E-state index is 14.5. The number of urea groups is 1. The van der Waals surface area contributed by atoms with Gasteiger partial charge in [-0.3, -0.25) is 0 Å². The van der Waals surface area contributed by atoms with E-state index in [2.05, 4.69) is 59.0 Å². The van der Waals surface area contributed by atoms with Crippen LogP contribution in [0.3, 0.4) is 0 Å². The number of nitrogens with one attached hydrogen (secondary N) is 1. The van der Waals surface area contributed by atoms with Crippen molar-refractivity contribution in [2.24, 2.45) is 0 Å². The van der Waals surface area contributed by atoms with Crippen LogP contribution in [0.15, 0.2) is 152 Å². The fourth-order valence-corrected chi connectivity index (χ4v) is 7.43. The summed E-state index contributed by atoms with van der Waals surface area (Å²) < 4.78 is 44.5. The maximum absolute atomic E-state index is 14.5. The zero-order valence-electron chi connectivity index (χ0n) is 31.7. The summed E-state index contributed by atoms with van der Waals surface area (Å²) in [5.74, 6) is -2.84. The molecule has 7 aromatic rings. The van der Waals surface area contributed by atoms with Crippen LogP contribution in [0.1, 0.15) is 61.3 Å². The first kappa shape index (κ1) is 38.7. The molecule has 0 aliphatic rings. The summed E-state index contributed by atoms with van der Waals surface area (Å²) in [7, 11) is 0. The minimum absolute atomic E-state index is 0.192. The number of hydrogen-bond acceptors (Lipinski definition) is 4. The Bertz CT molecular complexity index is 2270. The Morgan fingerprint density at radius 2 is 1.19 bits per heavy atom. The van der Waals surface area contributed by atoms with E-state index in [1.807, 2.05) is 108 Å². The molecule has 1 heterocycles. The van der Waals surface area contributed by atoms with Gasteiger partial charge in [0.25, 0.3) is 0 Å². The van der Waals surface area contributed by atoms with Crippen molar-refractivity contribution in [2.45, 2.75) is 51.1 Å². The van der Waals surface area contributed by atoms with Gasteiger partial charge in [-0.1, -0.05) is 172 Å². The van der Waals surface area contributed by atoms with Crippen molar-refractivity contribution in [1.82, 2.24) is 25.1 Å². The van der Waals surface area contributed by atoms with E-state index in [1.54, 1.807) is 0 Å². The Balaban J connectivity index is 1.23. The molecule has 6 aromatic carbocycles. The fraction of sp³-hybridized carbons (Fsp3) is 0.191. The molecule has 10 heteroatoms. The predicted molar refractivity (Wildman–Crippen MR) is 218 cm³/mol. The van der Waals surface area contributed by atoms with Crippen LogP contribution in [0.2, 0.25) is 0 Å². The highest BCUT2D eigenvalue weighted by molar-refractivity contribution is 5.89. The molecule has 2 amide bonds. The number of aromatic nitrogens is 4. The lowest BCUT2D eigenvalue weighted by molar-refractivity contribution is 0.207. The molecular weight excluding hydrogens is 722 g/mol. The molecule has 1 aromatic heterocycles. The highest BCUT2D eigenvalue weighted by Gasteiger charge is 2.42. The van der Waals surface area contributed by atoms with Crippen molar-refractivity contribution in [1.29, 1.82) is 0 Å². The monoisotopic (exact) mass is 764 g/mol. The normalized spacial score (nSPS) is 11.4. The maximum Gasteiger partial charge on any atom is 0.322 e. The number of anilines is 1. The van der Waals surface area contributed by atoms with Gasteiger partial charge in [0.15, 0.2) is 17.5 Å². The summed E-state index contributed by atoms with van der Waals surface area (Å²) in [5, 5.41) is 16.0. The summed E-state index contributed by atoms with van der Waals surface area (Å²) >= 11 is 0. The van der Waals surface area contributed by atoms with Crippen LogP contribution in [0.5, 0.6) is 0 Å². The minimum atomic E-state index is -1.17. The molecule has 0 radical (unpaired) electrons. The Hall–Kier alpha value is -6.55. The molecule has 0 saturated heterocycles. The zero-order valence-corrected chi connectivity index (χ0v) is 31.7. The zero-order chi connectivity index (χ0) is 39.6. The van der Waals surface area contributed by atoms with Crippen molar-refractivity contribution in [3.63, 3.8) is 0 Å². The van der Waals surface area contributed by atoms with E-state index in [4.69, 9.17) is 5.21 Å². The minimum Gasteiger partial charge on any atom is -0.320 e. The van der Waals surface area contributed by atoms with Gasteiger partial charge in [-0.2, -0.15) is 0 Å². The molecule has 0 saturated carbocycles. The lowest BCUT2D eigenvalue weighted by Crippen LogP contribution is -2.39. The Morgan fingerprint density at radius 1 is 0.667 bits per heavy atom. The van der Waals surface area contributed by atoms with Gasteiger partial charge in [0.05, 0.1) is 0 Å². The van der Waals surface area contributed by atoms with Crippen molar-refractivity contribution in [2.75, 3.05) is 11.9 Å². The van der Waals surface area contributed by atoms with Gasteiger partial charge in [0.2, 0.25) is 0 Å². The largest absolute Gasteiger partial charge is 0.322 e. The molecular formula is C47H43F3N6O. The molecule has 0 spiro atoms. The van der Waals surface area contributed by atoms with Crippen LogP contribution in [-0.2, 0) is 12.1 Å². The van der Waals surface area contributed by atoms with E-state index in [0.29, 0.717) is 24.5 Å². The van der Waals surface area contributed by atoms with E-state index in [-0.39, 0.29) is 6.54 Å². The molecule has 1 N–H and O–H groups in total. The van der Waals surface area contributed by atoms with Crippen LogP contribution >= 0.6 is 0 Å². The van der Waals surface area contributed by atoms with E-state index in [9.17, 15) is 18.0 Å². The van der Waals surface area contributed by atoms with Gasteiger partial charge in [-0.25, -0.2) is 22.6 Å². The molecule has 0 unspecified atom stereocenters. The third kappa shape index (κ3) is 8.35. The number of unbranched alkanes of at least 4 members (excludes halogenated alkanes) is 4. The number of rotatable bonds is 15. The summed E-state index contributed by atoms with van der Waals surface area (Å²) in [6, 6.07) is 46.9. The van der Waals surface area contributed by atoms with Crippen LogP contribution in [0.4, 0.5) is 23.7 Å². The van der Waals surface area contributed by atoms with Crippen molar-refractivity contribution >= 4 is 11.7 Å². The summed E-state index contributed by atoms with van der Waals surface area (Å²) in [6.07, 6.45) is 4.81. The second kappa shape index (κ2) is 17.9. The number of amides is 2. The molecule has 57 heavy (non-hydrogen) atoms. The molecule has 7 nitrogen and oxygen atoms in total. The summed E-state index contributed by atoms with van der Waals surface area (Å²) in [5.41, 5.74) is 4.79. The molecule has 288 valence electrons. The number of benzene rings is 6. The highest BCUT2D eigenvalue weighted by atomic mass is 19.1. The van der Waals surface area contributed by atoms with E-state index in [1.165, 1.54) is 4.90 Å². The third-order valence-corrected chi connectivity index (χ3v) is 10.2. The molecule has 0 atom stereocenters. The Morgan fingerprint density at radius 3 is 1.75 bits per heavy atom. The van der Waals surface area contributed by atoms with Crippen LogP contribution in [0, 0.1) is 17.5 Å². The summed E-state index contributed by atoms with van der Waals surface area (Å²) in [6.45, 7) is 2.69. The number of carbonyl (C=O) groups excluding carboxylic acids is 1. The van der Waals surface area contributed by atoms with Crippen molar-refractivity contribution in [3.05, 3.63) is 191 Å². The predicted octanol–water partition coefficient (Wildman–Crippen LogP) is 11.3. The fourth-order valence-electron chi connectivity index (χ4n) is 7.43. The SMILES string of the molecule is CCCCCCCN(Cc1ccc(-c2ccccc2-c2nnnn2C(c2ccccc2)(c2ccccc2)c2ccccc2)cc1)C(=O)Nc1c(F)cc(F)cc1F. The first-order chi connectivity index (χ1) is 27.9. The third-order valence-electron chi connectivity index (χ3n) is 10.2. The van der Waals surface area contributed by atoms with Gasteiger partial charge in [0, 0.05) is 30.8 Å². The Kier molecular flexibility index (Phi) is 12.2. The van der Waals surface area contributed by atoms with Crippen LogP contribution in [0.25, 0.3) is 22.5 Å². The number of halogens is 3. The van der Waals surface area contributed by atoms with Crippen molar-refractivity contribution < 1.29 is 18.0 Å². The lowest BCUT2D eigenvalue weighted by Gasteiger charge is -2.36. The first-order valence-electron chi connectivity index (χ1n) is 19.2. The molecule has 0 fully saturated rings. The first-order valence-corrected chi connectivity index (χ1v) is 19.2. The van der Waals surface area contributed by atoms with Gasteiger partial charge in [-0.05, 0) is 50.2 Å². The van der Waals surface area contributed by atoms with Gasteiger partial charge in [-0.15, -0.1) is 5.10 Å². The van der Waals surface area contributed by atoms with Gasteiger partial charge in [0.1, 0.15) is 17.0 Å². The molecule has 0 aliphatic carbocycles. The highest BCUT2D eigenvalue weighted by Crippen LogP contribution is 2.43. The smallest absolute Gasteiger partial charge is 0.320 e. The number of hydrogen-bond donors (Lipinski definition) is 1. The van der Waals surface area contributed by atoms with Gasteiger partial charge >= 0.3 is 6.03 Å². The number of nitrogens with zero attached hydrogens (tertiary/aromatic N) is 5.